The lowest BCUT2D eigenvalue weighted by atomic mass is 10.2. The first-order chi connectivity index (χ1) is 16.7. The highest BCUT2D eigenvalue weighted by molar-refractivity contribution is 7.99. The molecule has 1 aliphatic heterocycles. The van der Waals surface area contributed by atoms with Gasteiger partial charge >= 0.3 is 0 Å². The summed E-state index contributed by atoms with van der Waals surface area (Å²) in [5.74, 6) is 1.93. The van der Waals surface area contributed by atoms with E-state index in [1.54, 1.807) is 18.7 Å². The topological polar surface area (TPSA) is 80.3 Å². The van der Waals surface area contributed by atoms with Gasteiger partial charge in [0, 0.05) is 49.8 Å². The third-order valence-corrected chi connectivity index (χ3v) is 6.81. The molecule has 4 aromatic rings. The molecule has 3 aromatic heterocycles. The maximum atomic E-state index is 13.0. The molecule has 1 aromatic carbocycles. The van der Waals surface area contributed by atoms with Gasteiger partial charge in [0.1, 0.15) is 5.76 Å². The van der Waals surface area contributed by atoms with Gasteiger partial charge in [-0.15, -0.1) is 10.2 Å². The van der Waals surface area contributed by atoms with E-state index >= 15 is 0 Å². The molecule has 1 amide bonds. The van der Waals surface area contributed by atoms with Gasteiger partial charge in [-0.2, -0.15) is 0 Å². The fourth-order valence-electron chi connectivity index (χ4n) is 4.06. The lowest BCUT2D eigenvalue weighted by Crippen LogP contribution is -2.49. The summed E-state index contributed by atoms with van der Waals surface area (Å²) in [6, 6.07) is 16.1. The maximum absolute atomic E-state index is 13.0. The Kier molecular flexibility index (Phi) is 6.62. The van der Waals surface area contributed by atoms with E-state index in [0.717, 1.165) is 24.4 Å². The van der Waals surface area contributed by atoms with Crippen LogP contribution in [-0.2, 0) is 11.3 Å². The summed E-state index contributed by atoms with van der Waals surface area (Å²) in [5, 5.41) is 9.45. The van der Waals surface area contributed by atoms with Crippen molar-refractivity contribution in [2.45, 2.75) is 18.6 Å². The number of hydrogen-bond donors (Lipinski definition) is 0. The Morgan fingerprint density at radius 3 is 2.68 bits per heavy atom. The van der Waals surface area contributed by atoms with Gasteiger partial charge < -0.3 is 14.2 Å². The van der Waals surface area contributed by atoms with Gasteiger partial charge in [-0.3, -0.25) is 14.3 Å². The number of rotatable bonds is 7. The first-order valence-electron chi connectivity index (χ1n) is 11.3. The number of aromatic nitrogens is 4. The molecular formula is C25H26N6O2S. The van der Waals surface area contributed by atoms with Crippen LogP contribution in [0.15, 0.2) is 76.8 Å². The van der Waals surface area contributed by atoms with Crippen LogP contribution in [0.4, 0.5) is 5.69 Å². The predicted molar refractivity (Wildman–Crippen MR) is 132 cm³/mol. The average molecular weight is 475 g/mol. The number of piperazine rings is 1. The Labute approximate surface area is 202 Å². The Balaban J connectivity index is 1.24. The standard InChI is InChI=1S/C25H26N6O2S/c1-19-5-2-7-21(15-19)29-10-12-30(13-11-29)23(32)18-34-25-28-27-24(20-6-3-9-26-16-20)31(25)17-22-8-4-14-33-22/h2-9,14-16H,10-13,17-18H2,1H3. The molecule has 9 heteroatoms. The van der Waals surface area contributed by atoms with Crippen molar-refractivity contribution in [2.24, 2.45) is 0 Å². The summed E-state index contributed by atoms with van der Waals surface area (Å²) in [6.07, 6.45) is 5.13. The van der Waals surface area contributed by atoms with Crippen LogP contribution in [0.1, 0.15) is 11.3 Å². The van der Waals surface area contributed by atoms with Crippen molar-refractivity contribution in [1.82, 2.24) is 24.6 Å². The molecular weight excluding hydrogens is 448 g/mol. The second-order valence-corrected chi connectivity index (χ2v) is 9.15. The number of amides is 1. The van der Waals surface area contributed by atoms with Crippen LogP contribution >= 0.6 is 11.8 Å². The van der Waals surface area contributed by atoms with Crippen molar-refractivity contribution in [3.05, 3.63) is 78.5 Å². The zero-order valence-corrected chi connectivity index (χ0v) is 19.8. The number of carbonyl (C=O) groups is 1. The van der Waals surface area contributed by atoms with E-state index in [2.05, 4.69) is 51.3 Å². The number of thioether (sulfide) groups is 1. The third kappa shape index (κ3) is 4.99. The molecule has 174 valence electrons. The maximum Gasteiger partial charge on any atom is 0.233 e. The third-order valence-electron chi connectivity index (χ3n) is 5.85. The second-order valence-electron chi connectivity index (χ2n) is 8.21. The van der Waals surface area contributed by atoms with E-state index in [9.17, 15) is 4.79 Å². The minimum absolute atomic E-state index is 0.115. The van der Waals surface area contributed by atoms with E-state index in [-0.39, 0.29) is 5.91 Å². The molecule has 1 saturated heterocycles. The highest BCUT2D eigenvalue weighted by atomic mass is 32.2. The molecule has 34 heavy (non-hydrogen) atoms. The number of carbonyl (C=O) groups excluding carboxylic acids is 1. The number of nitrogens with zero attached hydrogens (tertiary/aromatic N) is 6. The van der Waals surface area contributed by atoms with Crippen LogP contribution < -0.4 is 4.90 Å². The predicted octanol–water partition coefficient (Wildman–Crippen LogP) is 3.73. The first kappa shape index (κ1) is 22.2. The van der Waals surface area contributed by atoms with Crippen LogP contribution in [0, 0.1) is 6.92 Å². The molecule has 0 unspecified atom stereocenters. The van der Waals surface area contributed by atoms with Crippen molar-refractivity contribution in [2.75, 3.05) is 36.8 Å². The Morgan fingerprint density at radius 1 is 1.06 bits per heavy atom. The molecule has 0 saturated carbocycles. The average Bonchev–Trinajstić information content (AvgIpc) is 3.54. The smallest absolute Gasteiger partial charge is 0.233 e. The van der Waals surface area contributed by atoms with Crippen molar-refractivity contribution >= 4 is 23.4 Å². The van der Waals surface area contributed by atoms with E-state index in [1.165, 1.54) is 23.0 Å². The molecule has 0 bridgehead atoms. The van der Waals surface area contributed by atoms with Crippen molar-refractivity contribution in [3.63, 3.8) is 0 Å². The minimum Gasteiger partial charge on any atom is -0.467 e. The summed E-state index contributed by atoms with van der Waals surface area (Å²) in [4.78, 5) is 21.5. The quantitative estimate of drug-likeness (QED) is 0.378. The van der Waals surface area contributed by atoms with E-state index in [1.807, 2.05) is 33.7 Å². The molecule has 0 radical (unpaired) electrons. The molecule has 8 nitrogen and oxygen atoms in total. The van der Waals surface area contributed by atoms with Gasteiger partial charge in [-0.25, -0.2) is 0 Å². The number of hydrogen-bond acceptors (Lipinski definition) is 7. The Morgan fingerprint density at radius 2 is 1.94 bits per heavy atom. The molecule has 4 heterocycles. The number of furan rings is 1. The van der Waals surface area contributed by atoms with E-state index < -0.39 is 0 Å². The molecule has 1 fully saturated rings. The Bertz CT molecular complexity index is 1230. The molecule has 0 atom stereocenters. The minimum atomic E-state index is 0.115. The number of anilines is 1. The van der Waals surface area contributed by atoms with Crippen molar-refractivity contribution < 1.29 is 9.21 Å². The van der Waals surface area contributed by atoms with Gasteiger partial charge in [0.05, 0.1) is 18.6 Å². The summed E-state index contributed by atoms with van der Waals surface area (Å²) >= 11 is 1.41. The molecule has 0 spiro atoms. The fraction of sp³-hybridized carbons (Fsp3) is 0.280. The van der Waals surface area contributed by atoms with Crippen LogP contribution in [0.25, 0.3) is 11.4 Å². The molecule has 5 rings (SSSR count). The summed E-state index contributed by atoms with van der Waals surface area (Å²) < 4.78 is 7.52. The highest BCUT2D eigenvalue weighted by Gasteiger charge is 2.23. The van der Waals surface area contributed by atoms with Crippen LogP contribution in [-0.4, -0.2) is 62.5 Å². The number of pyridine rings is 1. The van der Waals surface area contributed by atoms with Gasteiger partial charge in [0.25, 0.3) is 0 Å². The monoisotopic (exact) mass is 474 g/mol. The van der Waals surface area contributed by atoms with Crippen LogP contribution in [0.2, 0.25) is 0 Å². The van der Waals surface area contributed by atoms with Gasteiger partial charge in [-0.05, 0) is 48.9 Å². The molecule has 0 aliphatic carbocycles. The highest BCUT2D eigenvalue weighted by Crippen LogP contribution is 2.25. The number of aryl methyl sites for hydroxylation is 1. The largest absolute Gasteiger partial charge is 0.467 e. The van der Waals surface area contributed by atoms with Crippen molar-refractivity contribution in [1.29, 1.82) is 0 Å². The van der Waals surface area contributed by atoms with Crippen molar-refractivity contribution in [3.8, 4) is 11.4 Å². The normalized spacial score (nSPS) is 13.9. The number of benzene rings is 1. The molecule has 0 N–H and O–H groups in total. The Hall–Kier alpha value is -3.59. The second kappa shape index (κ2) is 10.1. The van der Waals surface area contributed by atoms with Gasteiger partial charge in [0.2, 0.25) is 5.91 Å². The zero-order valence-electron chi connectivity index (χ0n) is 19.0. The lowest BCUT2D eigenvalue weighted by Gasteiger charge is -2.36. The summed E-state index contributed by atoms with van der Waals surface area (Å²) in [6.45, 7) is 5.68. The lowest BCUT2D eigenvalue weighted by molar-refractivity contribution is -0.128. The summed E-state index contributed by atoms with van der Waals surface area (Å²) in [7, 11) is 0. The van der Waals surface area contributed by atoms with E-state index in [0.29, 0.717) is 36.4 Å². The first-order valence-corrected chi connectivity index (χ1v) is 12.2. The molecule has 1 aliphatic rings. The summed E-state index contributed by atoms with van der Waals surface area (Å²) in [5.41, 5.74) is 3.33. The van der Waals surface area contributed by atoms with E-state index in [4.69, 9.17) is 4.42 Å². The zero-order chi connectivity index (χ0) is 23.3. The van der Waals surface area contributed by atoms with Crippen LogP contribution in [0.3, 0.4) is 0 Å². The fourth-order valence-corrected chi connectivity index (χ4v) is 4.90. The SMILES string of the molecule is Cc1cccc(N2CCN(C(=O)CSc3nnc(-c4cccnc4)n3Cc3ccco3)CC2)c1. The van der Waals surface area contributed by atoms with Crippen LogP contribution in [0.5, 0.6) is 0 Å². The van der Waals surface area contributed by atoms with Gasteiger partial charge in [-0.1, -0.05) is 23.9 Å². The van der Waals surface area contributed by atoms with Gasteiger partial charge in [0.15, 0.2) is 11.0 Å².